The lowest BCUT2D eigenvalue weighted by Crippen LogP contribution is -2.31. The van der Waals surface area contributed by atoms with Gasteiger partial charge in [0.2, 0.25) is 0 Å². The molecule has 0 aromatic heterocycles. The molecule has 2 aromatic rings. The number of carbonyl (C=O) groups excluding carboxylic acids is 1. The molecule has 0 aliphatic heterocycles. The van der Waals surface area contributed by atoms with Crippen molar-refractivity contribution in [2.45, 2.75) is 31.2 Å². The molecule has 0 bridgehead atoms. The van der Waals surface area contributed by atoms with Crippen molar-refractivity contribution < 1.29 is 4.79 Å². The van der Waals surface area contributed by atoms with Crippen LogP contribution in [0.1, 0.15) is 31.0 Å². The van der Waals surface area contributed by atoms with Gasteiger partial charge in [0.25, 0.3) is 0 Å². The van der Waals surface area contributed by atoms with Crippen LogP contribution in [0.15, 0.2) is 53.4 Å². The zero-order chi connectivity index (χ0) is 15.9. The van der Waals surface area contributed by atoms with Gasteiger partial charge in [0, 0.05) is 10.6 Å². The molecule has 0 radical (unpaired) electrons. The molecule has 0 aliphatic rings. The summed E-state index contributed by atoms with van der Waals surface area (Å²) in [6.45, 7) is 4.12. The van der Waals surface area contributed by atoms with E-state index in [1.165, 1.54) is 5.56 Å². The van der Waals surface area contributed by atoms with E-state index in [9.17, 15) is 4.79 Å². The summed E-state index contributed by atoms with van der Waals surface area (Å²) in [4.78, 5) is 13.2. The molecule has 116 valence electrons. The molecule has 0 unspecified atom stereocenters. The van der Waals surface area contributed by atoms with E-state index in [2.05, 4.69) is 41.8 Å². The van der Waals surface area contributed by atoms with Gasteiger partial charge < -0.3 is 10.6 Å². The maximum Gasteiger partial charge on any atom is 0.319 e. The van der Waals surface area contributed by atoms with Gasteiger partial charge in [0.1, 0.15) is 0 Å². The fourth-order valence-corrected chi connectivity index (χ4v) is 2.65. The molecule has 2 aromatic carbocycles. The molecule has 2 N–H and O–H groups in total. The number of urea groups is 1. The van der Waals surface area contributed by atoms with Crippen LogP contribution in [0.2, 0.25) is 0 Å². The first-order valence-electron chi connectivity index (χ1n) is 7.42. The highest BCUT2D eigenvalue weighted by atomic mass is 32.2. The van der Waals surface area contributed by atoms with Crippen LogP contribution in [0.25, 0.3) is 0 Å². The number of anilines is 1. The Kier molecular flexibility index (Phi) is 5.90. The van der Waals surface area contributed by atoms with Crippen molar-refractivity contribution in [3.8, 4) is 0 Å². The first kappa shape index (κ1) is 16.4. The summed E-state index contributed by atoms with van der Waals surface area (Å²) in [5, 5.41) is 5.84. The van der Waals surface area contributed by atoms with Crippen molar-refractivity contribution in [3.63, 3.8) is 0 Å². The van der Waals surface area contributed by atoms with Gasteiger partial charge >= 0.3 is 6.03 Å². The van der Waals surface area contributed by atoms with E-state index in [0.29, 0.717) is 0 Å². The van der Waals surface area contributed by atoms with Crippen molar-refractivity contribution in [2.75, 3.05) is 11.6 Å². The van der Waals surface area contributed by atoms with E-state index >= 15 is 0 Å². The van der Waals surface area contributed by atoms with E-state index in [-0.39, 0.29) is 12.1 Å². The Morgan fingerprint density at radius 2 is 1.91 bits per heavy atom. The highest BCUT2D eigenvalue weighted by Gasteiger charge is 2.09. The third-order valence-corrected chi connectivity index (χ3v) is 4.29. The van der Waals surface area contributed by atoms with Crippen LogP contribution in [0.4, 0.5) is 10.5 Å². The number of hydrogen-bond donors (Lipinski definition) is 2. The molecule has 0 spiro atoms. The first-order valence-corrected chi connectivity index (χ1v) is 8.65. The predicted octanol–water partition coefficient (Wildman–Crippen LogP) is 4.85. The Hall–Kier alpha value is -1.94. The monoisotopic (exact) mass is 314 g/mol. The molecule has 0 heterocycles. The molecule has 0 saturated carbocycles. The molecule has 3 nitrogen and oxygen atoms in total. The number of carbonyl (C=O) groups is 1. The highest BCUT2D eigenvalue weighted by Crippen LogP contribution is 2.19. The van der Waals surface area contributed by atoms with Gasteiger partial charge in [0.05, 0.1) is 6.04 Å². The average Bonchev–Trinajstić information content (AvgIpc) is 2.55. The van der Waals surface area contributed by atoms with E-state index in [1.54, 1.807) is 11.8 Å². The Bertz CT molecular complexity index is 625. The fourth-order valence-electron chi connectivity index (χ4n) is 2.19. The number of rotatable bonds is 5. The predicted molar refractivity (Wildman–Crippen MR) is 94.6 cm³/mol. The lowest BCUT2D eigenvalue weighted by atomic mass is 10.1. The number of thioether (sulfide) groups is 1. The number of benzene rings is 2. The number of aryl methyl sites for hydroxylation is 1. The molecule has 2 amide bonds. The first-order chi connectivity index (χ1) is 10.6. The molecule has 0 fully saturated rings. The summed E-state index contributed by atoms with van der Waals surface area (Å²) in [6.07, 6.45) is 3.04. The normalized spacial score (nSPS) is 11.8. The molecule has 22 heavy (non-hydrogen) atoms. The van der Waals surface area contributed by atoms with Crippen LogP contribution in [-0.2, 0) is 6.42 Å². The Morgan fingerprint density at radius 3 is 2.55 bits per heavy atom. The zero-order valence-corrected chi connectivity index (χ0v) is 14.0. The quantitative estimate of drug-likeness (QED) is 0.774. The van der Waals surface area contributed by atoms with Crippen molar-refractivity contribution in [1.29, 1.82) is 0 Å². The summed E-state index contributed by atoms with van der Waals surface area (Å²) in [5.41, 5.74) is 3.21. The van der Waals surface area contributed by atoms with Crippen molar-refractivity contribution in [2.24, 2.45) is 0 Å². The van der Waals surface area contributed by atoms with Gasteiger partial charge in [0.15, 0.2) is 0 Å². The van der Waals surface area contributed by atoms with Crippen LogP contribution in [0.5, 0.6) is 0 Å². The van der Waals surface area contributed by atoms with E-state index in [4.69, 9.17) is 0 Å². The highest BCUT2D eigenvalue weighted by molar-refractivity contribution is 7.98. The van der Waals surface area contributed by atoms with Crippen molar-refractivity contribution in [1.82, 2.24) is 5.32 Å². The second-order valence-electron chi connectivity index (χ2n) is 5.15. The molecule has 2 rings (SSSR count). The minimum atomic E-state index is -0.190. The summed E-state index contributed by atoms with van der Waals surface area (Å²) < 4.78 is 0. The number of nitrogens with one attached hydrogen (secondary N) is 2. The lowest BCUT2D eigenvalue weighted by Gasteiger charge is -2.15. The fraction of sp³-hybridized carbons (Fsp3) is 0.278. The molecular weight excluding hydrogens is 292 g/mol. The van der Waals surface area contributed by atoms with Crippen LogP contribution in [0.3, 0.4) is 0 Å². The minimum Gasteiger partial charge on any atom is -0.331 e. The van der Waals surface area contributed by atoms with E-state index in [1.807, 2.05) is 37.4 Å². The maximum absolute atomic E-state index is 12.1. The summed E-state index contributed by atoms with van der Waals surface area (Å²) in [7, 11) is 0. The SMILES string of the molecule is CCc1ccc([C@@H](C)NC(=O)Nc2cccc(SC)c2)cc1. The largest absolute Gasteiger partial charge is 0.331 e. The van der Waals surface area contributed by atoms with Crippen LogP contribution in [0, 0.1) is 0 Å². The number of amides is 2. The molecule has 4 heteroatoms. The third kappa shape index (κ3) is 4.53. The second kappa shape index (κ2) is 7.90. The van der Waals surface area contributed by atoms with Crippen LogP contribution in [-0.4, -0.2) is 12.3 Å². The summed E-state index contributed by atoms with van der Waals surface area (Å²) in [6, 6.07) is 15.9. The van der Waals surface area contributed by atoms with Gasteiger partial charge in [-0.25, -0.2) is 4.79 Å². The average molecular weight is 314 g/mol. The van der Waals surface area contributed by atoms with E-state index < -0.39 is 0 Å². The summed E-state index contributed by atoms with van der Waals surface area (Å²) >= 11 is 1.65. The molecular formula is C18H22N2OS. The van der Waals surface area contributed by atoms with Crippen molar-refractivity contribution in [3.05, 3.63) is 59.7 Å². The van der Waals surface area contributed by atoms with Gasteiger partial charge in [-0.3, -0.25) is 0 Å². The van der Waals surface area contributed by atoms with E-state index in [0.717, 1.165) is 22.6 Å². The lowest BCUT2D eigenvalue weighted by molar-refractivity contribution is 0.249. The Labute approximate surface area is 136 Å². The summed E-state index contributed by atoms with van der Waals surface area (Å²) in [5.74, 6) is 0. The molecule has 1 atom stereocenters. The van der Waals surface area contributed by atoms with Crippen LogP contribution < -0.4 is 10.6 Å². The standard InChI is InChI=1S/C18H22N2OS/c1-4-14-8-10-15(11-9-14)13(2)19-18(21)20-16-6-5-7-17(12-16)22-3/h5-13H,4H2,1-3H3,(H2,19,20,21)/t13-/m1/s1. The second-order valence-corrected chi connectivity index (χ2v) is 6.03. The molecule has 0 aliphatic carbocycles. The smallest absolute Gasteiger partial charge is 0.319 e. The topological polar surface area (TPSA) is 41.1 Å². The maximum atomic E-state index is 12.1. The van der Waals surface area contributed by atoms with Gasteiger partial charge in [-0.15, -0.1) is 11.8 Å². The molecule has 0 saturated heterocycles. The number of hydrogen-bond acceptors (Lipinski definition) is 2. The minimum absolute atomic E-state index is 0.0327. The van der Waals surface area contributed by atoms with Gasteiger partial charge in [-0.2, -0.15) is 0 Å². The van der Waals surface area contributed by atoms with Crippen molar-refractivity contribution >= 4 is 23.5 Å². The Balaban J connectivity index is 1.95. The third-order valence-electron chi connectivity index (χ3n) is 3.56. The zero-order valence-electron chi connectivity index (χ0n) is 13.2. The van der Waals surface area contributed by atoms with Gasteiger partial charge in [-0.1, -0.05) is 37.3 Å². The van der Waals surface area contributed by atoms with Crippen LogP contribution >= 0.6 is 11.8 Å². The Morgan fingerprint density at radius 1 is 1.18 bits per heavy atom. The van der Waals surface area contributed by atoms with Gasteiger partial charge in [-0.05, 0) is 48.9 Å².